The SMILES string of the molecule is CC(C)c1ccc2oc(-c3ccc(Cl)c(NC(=S)NC(=O)c4ccc(Cl)cc4Cl)c3)nc2c1. The lowest BCUT2D eigenvalue weighted by Gasteiger charge is -2.12. The van der Waals surface area contributed by atoms with Gasteiger partial charge < -0.3 is 9.73 Å². The summed E-state index contributed by atoms with van der Waals surface area (Å²) >= 11 is 23.6. The molecule has 1 amide bonds. The lowest BCUT2D eigenvalue weighted by Crippen LogP contribution is -2.34. The fourth-order valence-electron chi connectivity index (χ4n) is 3.18. The molecule has 9 heteroatoms. The molecule has 0 saturated heterocycles. The topological polar surface area (TPSA) is 67.2 Å². The molecular formula is C24H18Cl3N3O2S. The maximum atomic E-state index is 12.5. The van der Waals surface area contributed by atoms with Crippen LogP contribution in [0.25, 0.3) is 22.6 Å². The zero-order valence-electron chi connectivity index (χ0n) is 17.6. The fourth-order valence-corrected chi connectivity index (χ4v) is 4.04. The molecule has 0 bridgehead atoms. The minimum Gasteiger partial charge on any atom is -0.436 e. The molecule has 0 fully saturated rings. The minimum absolute atomic E-state index is 0.0595. The molecule has 0 aliphatic heterocycles. The molecule has 0 unspecified atom stereocenters. The van der Waals surface area contributed by atoms with E-state index in [0.29, 0.717) is 38.7 Å². The van der Waals surface area contributed by atoms with Gasteiger partial charge in [-0.2, -0.15) is 0 Å². The molecule has 3 aromatic carbocycles. The Morgan fingerprint density at radius 1 is 1.00 bits per heavy atom. The Morgan fingerprint density at radius 2 is 1.79 bits per heavy atom. The van der Waals surface area contributed by atoms with E-state index in [9.17, 15) is 4.79 Å². The predicted molar refractivity (Wildman–Crippen MR) is 139 cm³/mol. The summed E-state index contributed by atoms with van der Waals surface area (Å²) in [5.74, 6) is 0.370. The van der Waals surface area contributed by atoms with Gasteiger partial charge in [0.1, 0.15) is 5.52 Å². The van der Waals surface area contributed by atoms with Crippen molar-refractivity contribution in [2.75, 3.05) is 5.32 Å². The van der Waals surface area contributed by atoms with Crippen LogP contribution in [0, 0.1) is 0 Å². The van der Waals surface area contributed by atoms with E-state index >= 15 is 0 Å². The van der Waals surface area contributed by atoms with Gasteiger partial charge >= 0.3 is 0 Å². The van der Waals surface area contributed by atoms with E-state index in [4.69, 9.17) is 51.4 Å². The van der Waals surface area contributed by atoms with Crippen molar-refractivity contribution in [2.45, 2.75) is 19.8 Å². The molecule has 0 atom stereocenters. The number of fused-ring (bicyclic) bond motifs is 1. The first-order chi connectivity index (χ1) is 15.7. The lowest BCUT2D eigenvalue weighted by atomic mass is 10.0. The zero-order chi connectivity index (χ0) is 23.7. The van der Waals surface area contributed by atoms with Crippen molar-refractivity contribution in [3.05, 3.63) is 80.8 Å². The standard InChI is InChI=1S/C24H18Cl3N3O2S/c1-12(2)13-4-8-21-20(9-13)28-23(32-21)14-3-7-17(26)19(10-14)29-24(33)30-22(31)16-6-5-15(25)11-18(16)27/h3-12H,1-2H3,(H2,29,30,31,33). The highest BCUT2D eigenvalue weighted by atomic mass is 35.5. The van der Waals surface area contributed by atoms with Gasteiger partial charge in [0.2, 0.25) is 5.89 Å². The summed E-state index contributed by atoms with van der Waals surface area (Å²) < 4.78 is 5.92. The van der Waals surface area contributed by atoms with Gasteiger partial charge in [-0.15, -0.1) is 0 Å². The van der Waals surface area contributed by atoms with Crippen molar-refractivity contribution < 1.29 is 9.21 Å². The second kappa shape index (κ2) is 9.69. The molecule has 0 spiro atoms. The first-order valence-electron chi connectivity index (χ1n) is 9.99. The Balaban J connectivity index is 1.54. The minimum atomic E-state index is -0.471. The monoisotopic (exact) mass is 517 g/mol. The lowest BCUT2D eigenvalue weighted by molar-refractivity contribution is 0.0978. The Bertz CT molecular complexity index is 1380. The van der Waals surface area contributed by atoms with Crippen LogP contribution < -0.4 is 10.6 Å². The van der Waals surface area contributed by atoms with E-state index < -0.39 is 5.91 Å². The molecule has 1 heterocycles. The molecule has 5 nitrogen and oxygen atoms in total. The average molecular weight is 519 g/mol. The Morgan fingerprint density at radius 3 is 2.52 bits per heavy atom. The van der Waals surface area contributed by atoms with Crippen molar-refractivity contribution in [2.24, 2.45) is 0 Å². The van der Waals surface area contributed by atoms with Crippen LogP contribution in [0.1, 0.15) is 35.7 Å². The van der Waals surface area contributed by atoms with Crippen LogP contribution in [0.5, 0.6) is 0 Å². The normalized spacial score (nSPS) is 11.1. The number of hydrogen-bond acceptors (Lipinski definition) is 4. The van der Waals surface area contributed by atoms with Gasteiger partial charge in [0.05, 0.1) is 21.3 Å². The van der Waals surface area contributed by atoms with Gasteiger partial charge in [-0.05, 0) is 72.2 Å². The first-order valence-corrected chi connectivity index (χ1v) is 11.5. The van der Waals surface area contributed by atoms with Crippen LogP contribution in [0.2, 0.25) is 15.1 Å². The number of anilines is 1. The molecule has 0 aliphatic carbocycles. The zero-order valence-corrected chi connectivity index (χ0v) is 20.7. The predicted octanol–water partition coefficient (Wildman–Crippen LogP) is 7.71. The third kappa shape index (κ3) is 5.31. The van der Waals surface area contributed by atoms with Crippen LogP contribution in [0.4, 0.5) is 5.69 Å². The number of carbonyl (C=O) groups is 1. The van der Waals surface area contributed by atoms with Crippen molar-refractivity contribution in [1.29, 1.82) is 0 Å². The van der Waals surface area contributed by atoms with Crippen molar-refractivity contribution >= 4 is 74.8 Å². The first kappa shape index (κ1) is 23.5. The van der Waals surface area contributed by atoms with Crippen molar-refractivity contribution in [3.63, 3.8) is 0 Å². The van der Waals surface area contributed by atoms with E-state index in [0.717, 1.165) is 5.52 Å². The molecule has 0 saturated carbocycles. The van der Waals surface area contributed by atoms with E-state index in [1.165, 1.54) is 17.7 Å². The maximum Gasteiger partial charge on any atom is 0.258 e. The number of carbonyl (C=O) groups excluding carboxylic acids is 1. The number of hydrogen-bond donors (Lipinski definition) is 2. The number of rotatable bonds is 4. The Labute approximate surface area is 211 Å². The van der Waals surface area contributed by atoms with Crippen LogP contribution in [0.15, 0.2) is 59.0 Å². The number of halogens is 3. The smallest absolute Gasteiger partial charge is 0.258 e. The van der Waals surface area contributed by atoms with E-state index in [-0.39, 0.29) is 15.7 Å². The van der Waals surface area contributed by atoms with Gasteiger partial charge in [0.25, 0.3) is 5.91 Å². The quantitative estimate of drug-likeness (QED) is 0.271. The van der Waals surface area contributed by atoms with Gasteiger partial charge in [-0.3, -0.25) is 10.1 Å². The third-order valence-corrected chi connectivity index (χ3v) is 6.02. The highest BCUT2D eigenvalue weighted by Crippen LogP contribution is 2.31. The summed E-state index contributed by atoms with van der Waals surface area (Å²) in [6.45, 7) is 4.25. The number of thiocarbonyl (C=S) groups is 1. The summed E-state index contributed by atoms with van der Waals surface area (Å²) in [6, 6.07) is 15.8. The highest BCUT2D eigenvalue weighted by molar-refractivity contribution is 7.80. The van der Waals surface area contributed by atoms with E-state index in [1.807, 2.05) is 18.2 Å². The molecule has 4 aromatic rings. The van der Waals surface area contributed by atoms with Crippen LogP contribution in [-0.2, 0) is 0 Å². The van der Waals surface area contributed by atoms with Crippen LogP contribution >= 0.6 is 47.0 Å². The van der Waals surface area contributed by atoms with E-state index in [1.54, 1.807) is 24.3 Å². The fraction of sp³-hybridized carbons (Fsp3) is 0.125. The molecular weight excluding hydrogens is 501 g/mol. The molecule has 0 aliphatic rings. The number of oxazole rings is 1. The van der Waals surface area contributed by atoms with E-state index in [2.05, 4.69) is 29.5 Å². The summed E-state index contributed by atoms with van der Waals surface area (Å²) in [5, 5.41) is 6.65. The van der Waals surface area contributed by atoms with Gasteiger partial charge in [0.15, 0.2) is 10.7 Å². The van der Waals surface area contributed by atoms with Gasteiger partial charge in [-0.1, -0.05) is 54.7 Å². The number of nitrogens with zero attached hydrogens (tertiary/aromatic N) is 1. The number of nitrogens with one attached hydrogen (secondary N) is 2. The van der Waals surface area contributed by atoms with Crippen molar-refractivity contribution in [3.8, 4) is 11.5 Å². The molecule has 4 rings (SSSR count). The molecule has 2 N–H and O–H groups in total. The van der Waals surface area contributed by atoms with Gasteiger partial charge in [-0.25, -0.2) is 4.98 Å². The summed E-state index contributed by atoms with van der Waals surface area (Å²) in [6.07, 6.45) is 0. The second-order valence-corrected chi connectivity index (χ2v) is 9.29. The van der Waals surface area contributed by atoms with Gasteiger partial charge in [0, 0.05) is 10.6 Å². The van der Waals surface area contributed by atoms with Crippen molar-refractivity contribution in [1.82, 2.24) is 10.3 Å². The second-order valence-electron chi connectivity index (χ2n) is 7.63. The van der Waals surface area contributed by atoms with Crippen LogP contribution in [-0.4, -0.2) is 16.0 Å². The molecule has 0 radical (unpaired) electrons. The highest BCUT2D eigenvalue weighted by Gasteiger charge is 2.15. The van der Waals surface area contributed by atoms with Crippen LogP contribution in [0.3, 0.4) is 0 Å². The number of amides is 1. The number of benzene rings is 3. The average Bonchev–Trinajstić information content (AvgIpc) is 3.18. The molecule has 168 valence electrons. The maximum absolute atomic E-state index is 12.5. The largest absolute Gasteiger partial charge is 0.436 e. The summed E-state index contributed by atoms with van der Waals surface area (Å²) in [5.41, 5.74) is 4.11. The summed E-state index contributed by atoms with van der Waals surface area (Å²) in [4.78, 5) is 17.1. The molecule has 1 aromatic heterocycles. The Hall–Kier alpha value is -2.64. The Kier molecular flexibility index (Phi) is 6.91. The summed E-state index contributed by atoms with van der Waals surface area (Å²) in [7, 11) is 0. The molecule has 33 heavy (non-hydrogen) atoms. The number of aromatic nitrogens is 1. The third-order valence-electron chi connectivity index (χ3n) is 4.94.